The van der Waals surface area contributed by atoms with Gasteiger partial charge in [-0.25, -0.2) is 4.79 Å². The largest absolute Gasteiger partial charge is 0.459 e. The predicted octanol–water partition coefficient (Wildman–Crippen LogP) is 2.47. The second kappa shape index (κ2) is 8.60. The lowest BCUT2D eigenvalue weighted by molar-refractivity contribution is -0.167. The topological polar surface area (TPSA) is 107 Å². The Morgan fingerprint density at radius 1 is 1.15 bits per heavy atom. The quantitative estimate of drug-likeness (QED) is 0.333. The van der Waals surface area contributed by atoms with E-state index in [1.54, 1.807) is 32.9 Å². The second-order valence-corrected chi connectivity index (χ2v) is 9.71. The smallest absolute Gasteiger partial charge is 0.375 e. The molecule has 0 amide bonds. The Morgan fingerprint density at radius 3 is 2.15 bits per heavy atom. The third kappa shape index (κ3) is 7.93. The van der Waals surface area contributed by atoms with Gasteiger partial charge >= 0.3 is 11.9 Å². The standard InChI is InChI=1S/C18H25O7P/c1-12-6-8-13(9-7-12)10-24-17(21)15(19)14(11-26(5,22)23)16(20)25-18(2,3)4/h6-9,14H,10-11H2,1-5H3,(H,22,23). The van der Waals surface area contributed by atoms with Crippen LogP contribution in [0.3, 0.4) is 0 Å². The minimum absolute atomic E-state index is 0.144. The van der Waals surface area contributed by atoms with Gasteiger partial charge in [-0.2, -0.15) is 0 Å². The summed E-state index contributed by atoms with van der Waals surface area (Å²) < 4.78 is 21.7. The van der Waals surface area contributed by atoms with Crippen molar-refractivity contribution in [2.45, 2.75) is 39.9 Å². The van der Waals surface area contributed by atoms with Crippen LogP contribution < -0.4 is 0 Å². The lowest BCUT2D eigenvalue weighted by Gasteiger charge is -2.23. The number of rotatable bonds is 7. The number of aryl methyl sites for hydroxylation is 1. The molecule has 0 spiro atoms. The summed E-state index contributed by atoms with van der Waals surface area (Å²) in [4.78, 5) is 46.1. The maximum atomic E-state index is 12.3. The minimum Gasteiger partial charge on any atom is -0.459 e. The van der Waals surface area contributed by atoms with E-state index in [4.69, 9.17) is 9.47 Å². The molecule has 0 saturated carbocycles. The van der Waals surface area contributed by atoms with Gasteiger partial charge in [0.2, 0.25) is 0 Å². The Labute approximate surface area is 153 Å². The molecule has 1 aromatic rings. The highest BCUT2D eigenvalue weighted by Crippen LogP contribution is 2.38. The molecule has 1 aromatic carbocycles. The molecule has 0 aliphatic carbocycles. The van der Waals surface area contributed by atoms with Crippen molar-refractivity contribution in [3.63, 3.8) is 0 Å². The van der Waals surface area contributed by atoms with Gasteiger partial charge in [0.1, 0.15) is 18.1 Å². The van der Waals surface area contributed by atoms with Crippen LogP contribution in [0.2, 0.25) is 0 Å². The predicted molar refractivity (Wildman–Crippen MR) is 95.9 cm³/mol. The molecule has 8 heteroatoms. The van der Waals surface area contributed by atoms with Crippen molar-refractivity contribution >= 4 is 25.1 Å². The van der Waals surface area contributed by atoms with Gasteiger partial charge in [0.15, 0.2) is 7.37 Å². The van der Waals surface area contributed by atoms with Gasteiger partial charge in [-0.15, -0.1) is 0 Å². The molecule has 7 nitrogen and oxygen atoms in total. The van der Waals surface area contributed by atoms with Gasteiger partial charge in [-0.05, 0) is 33.3 Å². The van der Waals surface area contributed by atoms with Crippen molar-refractivity contribution in [1.29, 1.82) is 0 Å². The number of Topliss-reactive ketones (excluding diaryl/α,β-unsaturated/α-hetero) is 1. The summed E-state index contributed by atoms with van der Waals surface area (Å²) in [7, 11) is -3.75. The van der Waals surface area contributed by atoms with Crippen LogP contribution in [-0.4, -0.2) is 41.0 Å². The number of ether oxygens (including phenoxy) is 2. The van der Waals surface area contributed by atoms with Crippen LogP contribution >= 0.6 is 7.37 Å². The van der Waals surface area contributed by atoms with Gasteiger partial charge in [0.05, 0.1) is 0 Å². The molecule has 1 N–H and O–H groups in total. The molecule has 0 saturated heterocycles. The highest BCUT2D eigenvalue weighted by molar-refractivity contribution is 7.57. The molecule has 0 aliphatic heterocycles. The van der Waals surface area contributed by atoms with E-state index in [1.807, 2.05) is 19.1 Å². The first-order valence-corrected chi connectivity index (χ1v) is 10.4. The zero-order valence-electron chi connectivity index (χ0n) is 15.6. The second-order valence-electron chi connectivity index (χ2n) is 7.25. The molecule has 0 aromatic heterocycles. The first-order valence-electron chi connectivity index (χ1n) is 8.07. The lowest BCUT2D eigenvalue weighted by Crippen LogP contribution is -2.38. The number of carbonyl (C=O) groups excluding carboxylic acids is 3. The molecule has 0 fully saturated rings. The van der Waals surface area contributed by atoms with Crippen molar-refractivity contribution < 1.29 is 33.3 Å². The molecule has 0 radical (unpaired) electrons. The SMILES string of the molecule is Cc1ccc(COC(=O)C(=O)C(CP(C)(=O)O)C(=O)OC(C)(C)C)cc1. The Balaban J connectivity index is 2.85. The Morgan fingerprint density at radius 2 is 1.69 bits per heavy atom. The number of esters is 2. The monoisotopic (exact) mass is 384 g/mol. The van der Waals surface area contributed by atoms with Crippen molar-refractivity contribution in [2.75, 3.05) is 12.8 Å². The first-order chi connectivity index (χ1) is 11.8. The number of hydrogen-bond donors (Lipinski definition) is 1. The van der Waals surface area contributed by atoms with Crippen molar-refractivity contribution in [1.82, 2.24) is 0 Å². The molecule has 2 atom stereocenters. The van der Waals surface area contributed by atoms with E-state index in [0.717, 1.165) is 12.2 Å². The summed E-state index contributed by atoms with van der Waals surface area (Å²) in [5, 5.41) is 0. The molecule has 1 rings (SSSR count). The van der Waals surface area contributed by atoms with Gasteiger partial charge < -0.3 is 14.4 Å². The number of ketones is 1. The van der Waals surface area contributed by atoms with E-state index in [1.165, 1.54) is 0 Å². The summed E-state index contributed by atoms with van der Waals surface area (Å²) in [5.74, 6) is -5.14. The normalized spacial score (nSPS) is 14.8. The number of carbonyl (C=O) groups is 3. The van der Waals surface area contributed by atoms with E-state index in [2.05, 4.69) is 0 Å². The molecular formula is C18H25O7P. The summed E-state index contributed by atoms with van der Waals surface area (Å²) in [5.41, 5.74) is 0.797. The minimum atomic E-state index is -3.75. The number of hydrogen-bond acceptors (Lipinski definition) is 6. The van der Waals surface area contributed by atoms with Crippen LogP contribution in [0.15, 0.2) is 24.3 Å². The molecule has 0 heterocycles. The van der Waals surface area contributed by atoms with Crippen LogP contribution in [0.1, 0.15) is 31.9 Å². The summed E-state index contributed by atoms with van der Waals surface area (Å²) in [6.07, 6.45) is -0.680. The maximum absolute atomic E-state index is 12.3. The lowest BCUT2D eigenvalue weighted by atomic mass is 10.1. The van der Waals surface area contributed by atoms with Crippen LogP contribution in [-0.2, 0) is 35.0 Å². The zero-order valence-corrected chi connectivity index (χ0v) is 16.5. The van der Waals surface area contributed by atoms with Gasteiger partial charge in [0.25, 0.3) is 5.78 Å². The van der Waals surface area contributed by atoms with Gasteiger partial charge in [-0.1, -0.05) is 29.8 Å². The van der Waals surface area contributed by atoms with Crippen molar-refractivity contribution in [3.05, 3.63) is 35.4 Å². The van der Waals surface area contributed by atoms with Crippen LogP contribution in [0.4, 0.5) is 0 Å². The highest BCUT2D eigenvalue weighted by Gasteiger charge is 2.39. The highest BCUT2D eigenvalue weighted by atomic mass is 31.2. The molecule has 0 aliphatic rings. The fourth-order valence-electron chi connectivity index (χ4n) is 2.02. The summed E-state index contributed by atoms with van der Waals surface area (Å²) in [6, 6.07) is 7.14. The maximum Gasteiger partial charge on any atom is 0.375 e. The number of benzene rings is 1. The average Bonchev–Trinajstić information content (AvgIpc) is 2.48. The van der Waals surface area contributed by atoms with Crippen molar-refractivity contribution in [2.24, 2.45) is 5.92 Å². The van der Waals surface area contributed by atoms with E-state index in [-0.39, 0.29) is 6.61 Å². The van der Waals surface area contributed by atoms with E-state index in [0.29, 0.717) is 5.56 Å². The molecular weight excluding hydrogens is 359 g/mol. The van der Waals surface area contributed by atoms with Crippen LogP contribution in [0.5, 0.6) is 0 Å². The Kier molecular flexibility index (Phi) is 7.30. The van der Waals surface area contributed by atoms with Crippen LogP contribution in [0.25, 0.3) is 0 Å². The van der Waals surface area contributed by atoms with Gasteiger partial charge in [0, 0.05) is 12.8 Å². The van der Waals surface area contributed by atoms with Crippen molar-refractivity contribution in [3.8, 4) is 0 Å². The first kappa shape index (κ1) is 22.1. The third-order valence-electron chi connectivity index (χ3n) is 3.22. The fraction of sp³-hybridized carbons (Fsp3) is 0.500. The summed E-state index contributed by atoms with van der Waals surface area (Å²) in [6.45, 7) is 7.54. The van der Waals surface area contributed by atoms with E-state index >= 15 is 0 Å². The van der Waals surface area contributed by atoms with Crippen LogP contribution in [0, 0.1) is 12.8 Å². The van der Waals surface area contributed by atoms with E-state index in [9.17, 15) is 23.8 Å². The molecule has 26 heavy (non-hydrogen) atoms. The van der Waals surface area contributed by atoms with E-state index < -0.39 is 42.8 Å². The Hall–Kier alpha value is -1.98. The average molecular weight is 384 g/mol. The zero-order chi connectivity index (χ0) is 20.1. The fourth-order valence-corrected chi connectivity index (χ4v) is 3.02. The third-order valence-corrected chi connectivity index (χ3v) is 4.26. The molecule has 2 unspecified atom stereocenters. The Bertz CT molecular complexity index is 710. The molecule has 0 bridgehead atoms. The van der Waals surface area contributed by atoms with Gasteiger partial charge in [-0.3, -0.25) is 14.2 Å². The summed E-state index contributed by atoms with van der Waals surface area (Å²) >= 11 is 0. The molecule has 144 valence electrons.